The van der Waals surface area contributed by atoms with Crippen molar-refractivity contribution in [1.29, 1.82) is 0 Å². The topological polar surface area (TPSA) is 80.1 Å². The van der Waals surface area contributed by atoms with Gasteiger partial charge in [0.05, 0.1) is 9.93 Å². The molecule has 0 aliphatic carbocycles. The van der Waals surface area contributed by atoms with Crippen molar-refractivity contribution in [2.75, 3.05) is 24.2 Å². The van der Waals surface area contributed by atoms with Crippen LogP contribution in [0.2, 0.25) is 0 Å². The van der Waals surface area contributed by atoms with Gasteiger partial charge in [0, 0.05) is 54.6 Å². The number of benzene rings is 1. The van der Waals surface area contributed by atoms with Crippen molar-refractivity contribution in [3.8, 4) is 0 Å². The highest BCUT2D eigenvalue weighted by Crippen LogP contribution is 2.24. The maximum absolute atomic E-state index is 10.9. The van der Waals surface area contributed by atoms with E-state index in [0.717, 1.165) is 22.8 Å². The Morgan fingerprint density at radius 3 is 2.70 bits per heavy atom. The zero-order chi connectivity index (χ0) is 14.5. The number of anilines is 2. The maximum atomic E-state index is 10.9. The molecule has 0 aliphatic rings. The zero-order valence-corrected chi connectivity index (χ0v) is 12.2. The number of rotatable bonds is 6. The van der Waals surface area contributed by atoms with Crippen molar-refractivity contribution in [2.45, 2.75) is 13.3 Å². The van der Waals surface area contributed by atoms with Gasteiger partial charge in [-0.05, 0) is 13.0 Å². The Bertz CT molecular complexity index is 612. The van der Waals surface area contributed by atoms with Crippen molar-refractivity contribution in [3.05, 3.63) is 44.4 Å². The van der Waals surface area contributed by atoms with Crippen LogP contribution in [0.4, 0.5) is 17.1 Å². The third-order valence-electron chi connectivity index (χ3n) is 2.75. The van der Waals surface area contributed by atoms with Gasteiger partial charge in [-0.25, -0.2) is 4.98 Å². The van der Waals surface area contributed by atoms with Gasteiger partial charge in [0.25, 0.3) is 5.69 Å². The molecule has 1 aromatic heterocycles. The molecular formula is C13H16N4O2S. The van der Waals surface area contributed by atoms with Gasteiger partial charge in [0.2, 0.25) is 0 Å². The predicted molar refractivity (Wildman–Crippen MR) is 81.7 cm³/mol. The fourth-order valence-electron chi connectivity index (χ4n) is 1.79. The van der Waals surface area contributed by atoms with Crippen LogP contribution in [-0.4, -0.2) is 23.5 Å². The molecule has 20 heavy (non-hydrogen) atoms. The number of nitro groups is 1. The number of nitrogens with one attached hydrogen (secondary N) is 2. The lowest BCUT2D eigenvalue weighted by molar-refractivity contribution is -0.384. The van der Waals surface area contributed by atoms with Crippen molar-refractivity contribution in [3.63, 3.8) is 0 Å². The molecular weight excluding hydrogens is 276 g/mol. The summed E-state index contributed by atoms with van der Waals surface area (Å²) in [6.45, 7) is 2.66. The number of aromatic nitrogens is 1. The number of nitro benzene ring substituents is 1. The van der Waals surface area contributed by atoms with Crippen molar-refractivity contribution in [2.24, 2.45) is 0 Å². The van der Waals surface area contributed by atoms with Crippen LogP contribution in [0.15, 0.2) is 23.6 Å². The molecule has 6 nitrogen and oxygen atoms in total. The first kappa shape index (κ1) is 14.3. The van der Waals surface area contributed by atoms with Gasteiger partial charge in [-0.2, -0.15) is 0 Å². The monoisotopic (exact) mass is 292 g/mol. The summed E-state index contributed by atoms with van der Waals surface area (Å²) in [6.07, 6.45) is 0.802. The summed E-state index contributed by atoms with van der Waals surface area (Å²) in [5.74, 6) is 0. The van der Waals surface area contributed by atoms with Crippen molar-refractivity contribution >= 4 is 28.4 Å². The second kappa shape index (κ2) is 6.33. The predicted octanol–water partition coefficient (Wildman–Crippen LogP) is 3.06. The van der Waals surface area contributed by atoms with Gasteiger partial charge in [-0.1, -0.05) is 0 Å². The first-order valence-electron chi connectivity index (χ1n) is 6.20. The third-order valence-corrected chi connectivity index (χ3v) is 3.78. The molecule has 0 fully saturated rings. The molecule has 2 rings (SSSR count). The Labute approximate surface area is 121 Å². The molecule has 0 amide bonds. The number of aryl methyl sites for hydroxylation is 1. The maximum Gasteiger partial charge on any atom is 0.273 e. The molecule has 0 spiro atoms. The van der Waals surface area contributed by atoms with E-state index in [2.05, 4.69) is 15.6 Å². The fourth-order valence-corrected chi connectivity index (χ4v) is 2.57. The Kier molecular flexibility index (Phi) is 4.52. The Morgan fingerprint density at radius 2 is 2.10 bits per heavy atom. The standard InChI is InChI=1S/C13H16N4O2S/c1-9-8-20-13(16-9)3-4-15-11-5-10(14-2)6-12(7-11)17(18)19/h5-8,14-15H,3-4H2,1-2H3. The molecule has 0 radical (unpaired) electrons. The molecule has 0 saturated heterocycles. The van der Waals surface area contributed by atoms with Gasteiger partial charge in [0.1, 0.15) is 0 Å². The molecule has 106 valence electrons. The van der Waals surface area contributed by atoms with Crippen LogP contribution >= 0.6 is 11.3 Å². The molecule has 0 saturated carbocycles. The van der Waals surface area contributed by atoms with Gasteiger partial charge in [0.15, 0.2) is 0 Å². The van der Waals surface area contributed by atoms with Crippen LogP contribution in [0, 0.1) is 17.0 Å². The van der Waals surface area contributed by atoms with E-state index in [1.165, 1.54) is 12.1 Å². The SMILES string of the molecule is CNc1cc(NCCc2nc(C)cs2)cc([N+](=O)[O-])c1. The van der Waals surface area contributed by atoms with E-state index in [-0.39, 0.29) is 5.69 Å². The number of nitrogens with zero attached hydrogens (tertiary/aromatic N) is 2. The highest BCUT2D eigenvalue weighted by atomic mass is 32.1. The summed E-state index contributed by atoms with van der Waals surface area (Å²) in [5, 5.41) is 20.1. The minimum Gasteiger partial charge on any atom is -0.388 e. The van der Waals surface area contributed by atoms with Gasteiger partial charge in [-0.3, -0.25) is 10.1 Å². The van der Waals surface area contributed by atoms with Crippen LogP contribution < -0.4 is 10.6 Å². The minimum atomic E-state index is -0.393. The van der Waals surface area contributed by atoms with Gasteiger partial charge in [-0.15, -0.1) is 11.3 Å². The second-order valence-corrected chi connectivity index (χ2v) is 5.28. The lowest BCUT2D eigenvalue weighted by Crippen LogP contribution is -2.05. The minimum absolute atomic E-state index is 0.0736. The van der Waals surface area contributed by atoms with Crippen LogP contribution in [0.1, 0.15) is 10.7 Å². The largest absolute Gasteiger partial charge is 0.388 e. The smallest absolute Gasteiger partial charge is 0.273 e. The van der Waals surface area contributed by atoms with E-state index in [4.69, 9.17) is 0 Å². The van der Waals surface area contributed by atoms with Crippen LogP contribution in [0.3, 0.4) is 0 Å². The molecule has 2 N–H and O–H groups in total. The molecule has 1 aromatic carbocycles. The summed E-state index contributed by atoms with van der Waals surface area (Å²) in [7, 11) is 1.74. The van der Waals surface area contributed by atoms with Crippen LogP contribution in [-0.2, 0) is 6.42 Å². The normalized spacial score (nSPS) is 10.3. The Morgan fingerprint density at radius 1 is 1.35 bits per heavy atom. The molecule has 1 heterocycles. The number of hydrogen-bond acceptors (Lipinski definition) is 6. The highest BCUT2D eigenvalue weighted by molar-refractivity contribution is 7.09. The van der Waals surface area contributed by atoms with Crippen LogP contribution in [0.5, 0.6) is 0 Å². The number of thiazole rings is 1. The lowest BCUT2D eigenvalue weighted by Gasteiger charge is -2.08. The Balaban J connectivity index is 2.01. The summed E-state index contributed by atoms with van der Waals surface area (Å²) in [5.41, 5.74) is 2.55. The van der Waals surface area contributed by atoms with E-state index in [0.29, 0.717) is 12.2 Å². The van der Waals surface area contributed by atoms with Crippen LogP contribution in [0.25, 0.3) is 0 Å². The average molecular weight is 292 g/mol. The summed E-state index contributed by atoms with van der Waals surface area (Å²) in [6, 6.07) is 4.89. The molecule has 7 heteroatoms. The van der Waals surface area contributed by atoms with E-state index < -0.39 is 4.92 Å². The lowest BCUT2D eigenvalue weighted by atomic mass is 10.2. The zero-order valence-electron chi connectivity index (χ0n) is 11.3. The van der Waals surface area contributed by atoms with Crippen molar-refractivity contribution in [1.82, 2.24) is 4.98 Å². The average Bonchev–Trinajstić information content (AvgIpc) is 2.84. The summed E-state index contributed by atoms with van der Waals surface area (Å²) >= 11 is 1.63. The first-order valence-corrected chi connectivity index (χ1v) is 7.08. The molecule has 0 atom stereocenters. The van der Waals surface area contributed by atoms with E-state index in [9.17, 15) is 10.1 Å². The summed E-state index contributed by atoms with van der Waals surface area (Å²) < 4.78 is 0. The van der Waals surface area contributed by atoms with E-state index in [1.807, 2.05) is 18.4 Å². The van der Waals surface area contributed by atoms with Gasteiger partial charge < -0.3 is 10.6 Å². The number of hydrogen-bond donors (Lipinski definition) is 2. The Hall–Kier alpha value is -2.15. The quantitative estimate of drug-likeness (QED) is 0.632. The summed E-state index contributed by atoms with van der Waals surface area (Å²) in [4.78, 5) is 14.8. The highest BCUT2D eigenvalue weighted by Gasteiger charge is 2.09. The number of non-ortho nitro benzene ring substituents is 1. The third kappa shape index (κ3) is 3.67. The van der Waals surface area contributed by atoms with Gasteiger partial charge >= 0.3 is 0 Å². The molecule has 2 aromatic rings. The van der Waals surface area contributed by atoms with E-state index in [1.54, 1.807) is 18.4 Å². The molecule has 0 aliphatic heterocycles. The molecule has 0 unspecified atom stereocenters. The fraction of sp³-hybridized carbons (Fsp3) is 0.308. The molecule has 0 bridgehead atoms. The van der Waals surface area contributed by atoms with Crippen molar-refractivity contribution < 1.29 is 4.92 Å². The first-order chi connectivity index (χ1) is 9.58. The van der Waals surface area contributed by atoms with E-state index >= 15 is 0 Å². The second-order valence-electron chi connectivity index (χ2n) is 4.34.